The molecule has 2 aliphatic heterocycles. The number of rotatable bonds is 5. The summed E-state index contributed by atoms with van der Waals surface area (Å²) in [6.45, 7) is 5.64. The number of piperidine rings is 1. The Bertz CT molecular complexity index is 463. The standard InChI is InChI=1S/C16H24N2O2S/c1-2-18-11-12(10-15-14(18)6-8-20-15)16(19)17-7-5-13-4-3-9-21-13/h3-4,9,12,14-15H,2,5-8,10-11H2,1H3,(H,17,19)/t12-,14+,15+/m0/s1. The number of carbonyl (C=O) groups is 1. The zero-order chi connectivity index (χ0) is 14.7. The number of carbonyl (C=O) groups excluding carboxylic acids is 1. The third-order valence-corrected chi connectivity index (χ3v) is 5.58. The first-order chi connectivity index (χ1) is 10.3. The second kappa shape index (κ2) is 6.90. The summed E-state index contributed by atoms with van der Waals surface area (Å²) in [5.41, 5.74) is 0. The van der Waals surface area contributed by atoms with E-state index in [4.69, 9.17) is 4.74 Å². The first-order valence-electron chi connectivity index (χ1n) is 7.93. The van der Waals surface area contributed by atoms with Gasteiger partial charge in [0.2, 0.25) is 5.91 Å². The largest absolute Gasteiger partial charge is 0.377 e. The molecule has 3 heterocycles. The van der Waals surface area contributed by atoms with Crippen molar-refractivity contribution in [2.45, 2.75) is 38.3 Å². The molecule has 0 aliphatic carbocycles. The minimum absolute atomic E-state index is 0.0765. The lowest BCUT2D eigenvalue weighted by atomic mass is 9.89. The van der Waals surface area contributed by atoms with E-state index in [1.807, 2.05) is 0 Å². The van der Waals surface area contributed by atoms with Gasteiger partial charge in [0.1, 0.15) is 0 Å². The monoisotopic (exact) mass is 308 g/mol. The predicted octanol–water partition coefficient (Wildman–Crippen LogP) is 1.91. The molecule has 1 aromatic rings. The molecule has 0 unspecified atom stereocenters. The number of hydrogen-bond acceptors (Lipinski definition) is 4. The molecular weight excluding hydrogens is 284 g/mol. The zero-order valence-corrected chi connectivity index (χ0v) is 13.4. The maximum Gasteiger partial charge on any atom is 0.224 e. The van der Waals surface area contributed by atoms with Crippen LogP contribution in [-0.2, 0) is 16.0 Å². The molecule has 1 amide bonds. The Balaban J connectivity index is 1.50. The molecule has 0 bridgehead atoms. The van der Waals surface area contributed by atoms with Crippen molar-refractivity contribution in [1.29, 1.82) is 0 Å². The number of likely N-dealkylation sites (tertiary alicyclic amines) is 1. The Morgan fingerprint density at radius 2 is 2.48 bits per heavy atom. The number of nitrogens with zero attached hydrogens (tertiary/aromatic N) is 1. The number of nitrogens with one attached hydrogen (secondary N) is 1. The first-order valence-corrected chi connectivity index (χ1v) is 8.81. The van der Waals surface area contributed by atoms with Gasteiger partial charge >= 0.3 is 0 Å². The number of amides is 1. The van der Waals surface area contributed by atoms with Crippen LogP contribution >= 0.6 is 11.3 Å². The molecule has 0 aromatic carbocycles. The van der Waals surface area contributed by atoms with Crippen LogP contribution < -0.4 is 5.32 Å². The van der Waals surface area contributed by atoms with Gasteiger partial charge in [-0.2, -0.15) is 0 Å². The van der Waals surface area contributed by atoms with Crippen molar-refractivity contribution in [1.82, 2.24) is 10.2 Å². The van der Waals surface area contributed by atoms with Gasteiger partial charge in [-0.25, -0.2) is 0 Å². The van der Waals surface area contributed by atoms with E-state index in [1.165, 1.54) is 4.88 Å². The SMILES string of the molecule is CCN1C[C@@H](C(=O)NCCc2cccs2)C[C@H]2OCC[C@H]21. The van der Waals surface area contributed by atoms with Crippen LogP contribution in [0, 0.1) is 5.92 Å². The molecule has 5 heteroatoms. The maximum absolute atomic E-state index is 12.4. The molecule has 3 atom stereocenters. The fourth-order valence-electron chi connectivity index (χ4n) is 3.52. The Morgan fingerprint density at radius 1 is 1.57 bits per heavy atom. The topological polar surface area (TPSA) is 41.6 Å². The molecule has 2 aliphatic rings. The number of likely N-dealkylation sites (N-methyl/N-ethyl adjacent to an activating group) is 1. The van der Waals surface area contributed by atoms with E-state index in [0.29, 0.717) is 6.04 Å². The van der Waals surface area contributed by atoms with Crippen LogP contribution in [0.3, 0.4) is 0 Å². The van der Waals surface area contributed by atoms with Crippen molar-refractivity contribution in [3.8, 4) is 0 Å². The molecule has 1 aromatic heterocycles. The van der Waals surface area contributed by atoms with E-state index in [2.05, 4.69) is 34.7 Å². The van der Waals surface area contributed by atoms with Gasteiger partial charge < -0.3 is 10.1 Å². The van der Waals surface area contributed by atoms with Gasteiger partial charge in [-0.1, -0.05) is 13.0 Å². The summed E-state index contributed by atoms with van der Waals surface area (Å²) >= 11 is 1.75. The minimum Gasteiger partial charge on any atom is -0.377 e. The summed E-state index contributed by atoms with van der Waals surface area (Å²) in [7, 11) is 0. The zero-order valence-electron chi connectivity index (χ0n) is 12.6. The van der Waals surface area contributed by atoms with Crippen molar-refractivity contribution in [3.05, 3.63) is 22.4 Å². The van der Waals surface area contributed by atoms with E-state index in [0.717, 1.165) is 45.5 Å². The number of thiophene rings is 1. The van der Waals surface area contributed by atoms with Crippen molar-refractivity contribution in [2.75, 3.05) is 26.2 Å². The second-order valence-electron chi connectivity index (χ2n) is 5.91. The maximum atomic E-state index is 12.4. The lowest BCUT2D eigenvalue weighted by Gasteiger charge is -2.39. The van der Waals surface area contributed by atoms with E-state index in [9.17, 15) is 4.79 Å². The van der Waals surface area contributed by atoms with Crippen molar-refractivity contribution < 1.29 is 9.53 Å². The summed E-state index contributed by atoms with van der Waals surface area (Å²) in [6.07, 6.45) is 3.18. The van der Waals surface area contributed by atoms with Crippen molar-refractivity contribution in [3.63, 3.8) is 0 Å². The predicted molar refractivity (Wildman–Crippen MR) is 84.5 cm³/mol. The minimum atomic E-state index is 0.0765. The van der Waals surface area contributed by atoms with Crippen LogP contribution in [0.2, 0.25) is 0 Å². The Hall–Kier alpha value is -0.910. The van der Waals surface area contributed by atoms with Gasteiger partial charge in [0.05, 0.1) is 12.0 Å². The van der Waals surface area contributed by atoms with Gasteiger partial charge in [0.15, 0.2) is 0 Å². The third-order valence-electron chi connectivity index (χ3n) is 4.64. The average molecular weight is 308 g/mol. The molecule has 1 N–H and O–H groups in total. The van der Waals surface area contributed by atoms with Crippen molar-refractivity contribution >= 4 is 17.2 Å². The third kappa shape index (κ3) is 3.47. The van der Waals surface area contributed by atoms with E-state index in [1.54, 1.807) is 11.3 Å². The summed E-state index contributed by atoms with van der Waals surface area (Å²) in [5.74, 6) is 0.270. The number of fused-ring (bicyclic) bond motifs is 1. The molecule has 2 fully saturated rings. The van der Waals surface area contributed by atoms with Gasteiger partial charge in [0, 0.05) is 30.6 Å². The molecule has 0 spiro atoms. The normalized spacial score (nSPS) is 29.3. The van der Waals surface area contributed by atoms with Crippen LogP contribution in [0.15, 0.2) is 17.5 Å². The van der Waals surface area contributed by atoms with E-state index < -0.39 is 0 Å². The molecule has 3 rings (SSSR count). The smallest absolute Gasteiger partial charge is 0.224 e. The molecule has 2 saturated heterocycles. The van der Waals surface area contributed by atoms with E-state index >= 15 is 0 Å². The summed E-state index contributed by atoms with van der Waals surface area (Å²) in [4.78, 5) is 16.1. The highest BCUT2D eigenvalue weighted by atomic mass is 32.1. The van der Waals surface area contributed by atoms with Gasteiger partial charge in [-0.05, 0) is 37.3 Å². The quantitative estimate of drug-likeness (QED) is 0.903. The lowest BCUT2D eigenvalue weighted by molar-refractivity contribution is -0.129. The fraction of sp³-hybridized carbons (Fsp3) is 0.688. The molecule has 4 nitrogen and oxygen atoms in total. The Morgan fingerprint density at radius 3 is 3.24 bits per heavy atom. The van der Waals surface area contributed by atoms with Crippen LogP contribution in [0.25, 0.3) is 0 Å². The van der Waals surface area contributed by atoms with Gasteiger partial charge in [-0.3, -0.25) is 9.69 Å². The first kappa shape index (κ1) is 15.0. The molecule has 0 saturated carbocycles. The van der Waals surface area contributed by atoms with Gasteiger partial charge in [-0.15, -0.1) is 11.3 Å². The summed E-state index contributed by atoms with van der Waals surface area (Å²) < 4.78 is 5.81. The Labute approximate surface area is 130 Å². The number of hydrogen-bond donors (Lipinski definition) is 1. The van der Waals surface area contributed by atoms with Gasteiger partial charge in [0.25, 0.3) is 0 Å². The summed E-state index contributed by atoms with van der Waals surface area (Å²) in [5, 5.41) is 5.18. The average Bonchev–Trinajstić information content (AvgIpc) is 3.16. The van der Waals surface area contributed by atoms with Crippen LogP contribution in [0.4, 0.5) is 0 Å². The van der Waals surface area contributed by atoms with Crippen LogP contribution in [0.1, 0.15) is 24.6 Å². The van der Waals surface area contributed by atoms with Crippen molar-refractivity contribution in [2.24, 2.45) is 5.92 Å². The highest BCUT2D eigenvalue weighted by Gasteiger charge is 2.41. The molecule has 21 heavy (non-hydrogen) atoms. The Kier molecular flexibility index (Phi) is 4.93. The fourth-order valence-corrected chi connectivity index (χ4v) is 4.22. The highest BCUT2D eigenvalue weighted by molar-refractivity contribution is 7.09. The van der Waals surface area contributed by atoms with Crippen LogP contribution in [-0.4, -0.2) is 49.2 Å². The molecular formula is C16H24N2O2S. The molecule has 116 valence electrons. The number of ether oxygens (including phenoxy) is 1. The molecule has 0 radical (unpaired) electrons. The summed E-state index contributed by atoms with van der Waals surface area (Å²) in [6, 6.07) is 4.71. The lowest BCUT2D eigenvalue weighted by Crippen LogP contribution is -2.52. The second-order valence-corrected chi connectivity index (χ2v) is 6.94. The van der Waals surface area contributed by atoms with Crippen LogP contribution in [0.5, 0.6) is 0 Å². The highest BCUT2D eigenvalue weighted by Crippen LogP contribution is 2.31. The van der Waals surface area contributed by atoms with E-state index in [-0.39, 0.29) is 17.9 Å².